The lowest BCUT2D eigenvalue weighted by Crippen LogP contribution is -2.58. The van der Waals surface area contributed by atoms with Gasteiger partial charge in [-0.15, -0.1) is 0 Å². The Bertz CT molecular complexity index is 499. The number of hydrogen-bond donors (Lipinski definition) is 3. The summed E-state index contributed by atoms with van der Waals surface area (Å²) < 4.78 is 0. The van der Waals surface area contributed by atoms with Gasteiger partial charge in [-0.3, -0.25) is 9.74 Å². The van der Waals surface area contributed by atoms with Gasteiger partial charge in [-0.2, -0.15) is 5.48 Å². The van der Waals surface area contributed by atoms with Crippen LogP contribution in [0.4, 0.5) is 4.79 Å². The Morgan fingerprint density at radius 3 is 2.29 bits per heavy atom. The van der Waals surface area contributed by atoms with Crippen LogP contribution in [-0.2, 0) is 11.3 Å². The maximum Gasteiger partial charge on any atom is 0.408 e. The molecule has 0 aliphatic heterocycles. The summed E-state index contributed by atoms with van der Waals surface area (Å²) in [6.07, 6.45) is -1.55. The molecule has 0 radical (unpaired) electrons. The lowest BCUT2D eigenvalue weighted by atomic mass is 9.95. The molecule has 0 fully saturated rings. The first-order valence-electron chi connectivity index (χ1n) is 8.25. The lowest BCUT2D eigenvalue weighted by Gasteiger charge is -2.41. The van der Waals surface area contributed by atoms with Gasteiger partial charge >= 0.3 is 6.09 Å². The van der Waals surface area contributed by atoms with E-state index < -0.39 is 23.8 Å². The normalized spacial score (nSPS) is 14.5. The molecule has 0 aromatic heterocycles. The van der Waals surface area contributed by atoms with Crippen molar-refractivity contribution in [3.05, 3.63) is 35.9 Å². The minimum atomic E-state index is -1.05. The summed E-state index contributed by atoms with van der Waals surface area (Å²) in [5, 5.41) is 20.3. The quantitative estimate of drug-likeness (QED) is 0.635. The molecule has 136 valence electrons. The second kappa shape index (κ2) is 9.01. The van der Waals surface area contributed by atoms with Gasteiger partial charge in [-0.25, -0.2) is 4.79 Å². The van der Waals surface area contributed by atoms with Crippen LogP contribution in [0.1, 0.15) is 40.2 Å². The van der Waals surface area contributed by atoms with Crippen molar-refractivity contribution in [1.29, 1.82) is 0 Å². The van der Waals surface area contributed by atoms with Crippen molar-refractivity contribution in [3.8, 4) is 0 Å². The second-order valence-corrected chi connectivity index (χ2v) is 7.16. The summed E-state index contributed by atoms with van der Waals surface area (Å²) in [6, 6.07) is 8.99. The van der Waals surface area contributed by atoms with Crippen LogP contribution in [0.25, 0.3) is 0 Å². The van der Waals surface area contributed by atoms with Gasteiger partial charge < -0.3 is 10.2 Å². The number of aliphatic hydroxyl groups excluding tert-OH is 1. The van der Waals surface area contributed by atoms with E-state index in [1.807, 2.05) is 65.0 Å². The first-order valence-corrected chi connectivity index (χ1v) is 8.25. The van der Waals surface area contributed by atoms with Crippen LogP contribution in [0.2, 0.25) is 0 Å². The number of benzene rings is 1. The number of nitrogens with one attached hydrogen (secondary N) is 1. The fourth-order valence-electron chi connectivity index (χ4n) is 2.62. The van der Waals surface area contributed by atoms with E-state index in [0.717, 1.165) is 5.56 Å². The molecule has 0 saturated carbocycles. The zero-order valence-corrected chi connectivity index (χ0v) is 15.2. The number of carbonyl (C=O) groups is 1. The summed E-state index contributed by atoms with van der Waals surface area (Å²) >= 11 is 0. The van der Waals surface area contributed by atoms with Gasteiger partial charge in [0, 0.05) is 12.1 Å². The number of rotatable bonds is 8. The van der Waals surface area contributed by atoms with E-state index in [1.165, 1.54) is 4.90 Å². The van der Waals surface area contributed by atoms with Crippen LogP contribution in [0, 0.1) is 0 Å². The van der Waals surface area contributed by atoms with Crippen molar-refractivity contribution in [1.82, 2.24) is 10.4 Å². The number of hydroxylamine groups is 1. The summed E-state index contributed by atoms with van der Waals surface area (Å²) in [5.74, 6) is 0. The Morgan fingerprint density at radius 2 is 1.83 bits per heavy atom. The van der Waals surface area contributed by atoms with Crippen LogP contribution < -0.4 is 5.48 Å². The third-order valence-corrected chi connectivity index (χ3v) is 3.60. The maximum atomic E-state index is 11.8. The molecule has 6 heteroatoms. The minimum absolute atomic E-state index is 0.0250. The van der Waals surface area contributed by atoms with Crippen molar-refractivity contribution >= 4 is 6.09 Å². The molecule has 6 nitrogen and oxygen atoms in total. The van der Waals surface area contributed by atoms with Gasteiger partial charge in [0.05, 0.1) is 18.2 Å². The third-order valence-electron chi connectivity index (χ3n) is 3.60. The average Bonchev–Trinajstić information content (AvgIpc) is 2.45. The number of nitrogens with zero attached hydrogens (tertiary/aromatic N) is 1. The van der Waals surface area contributed by atoms with Crippen LogP contribution >= 0.6 is 0 Å². The maximum absolute atomic E-state index is 11.8. The van der Waals surface area contributed by atoms with Crippen LogP contribution in [0.5, 0.6) is 0 Å². The highest BCUT2D eigenvalue weighted by atomic mass is 16.7. The van der Waals surface area contributed by atoms with E-state index in [1.54, 1.807) is 0 Å². The largest absolute Gasteiger partial charge is 0.465 e. The average molecular weight is 338 g/mol. The van der Waals surface area contributed by atoms with E-state index in [0.29, 0.717) is 6.42 Å². The van der Waals surface area contributed by atoms with Gasteiger partial charge in [0.2, 0.25) is 0 Å². The number of hydrogen-bond acceptors (Lipinski definition) is 4. The van der Waals surface area contributed by atoms with E-state index in [-0.39, 0.29) is 12.6 Å². The minimum Gasteiger partial charge on any atom is -0.465 e. The van der Waals surface area contributed by atoms with Gasteiger partial charge in [0.15, 0.2) is 0 Å². The molecule has 1 aromatic rings. The molecule has 24 heavy (non-hydrogen) atoms. The first-order chi connectivity index (χ1) is 11.1. The zero-order valence-electron chi connectivity index (χ0n) is 15.2. The number of aliphatic hydroxyl groups is 1. The smallest absolute Gasteiger partial charge is 0.408 e. The highest BCUT2D eigenvalue weighted by Gasteiger charge is 2.37. The molecule has 0 spiro atoms. The molecule has 3 N–H and O–H groups in total. The Morgan fingerprint density at radius 1 is 1.25 bits per heavy atom. The Kier molecular flexibility index (Phi) is 7.66. The van der Waals surface area contributed by atoms with Crippen molar-refractivity contribution in [3.63, 3.8) is 0 Å². The molecule has 0 heterocycles. The van der Waals surface area contributed by atoms with Gasteiger partial charge in [0.25, 0.3) is 0 Å². The van der Waals surface area contributed by atoms with Crippen LogP contribution in [0.3, 0.4) is 0 Å². The molecule has 0 aliphatic rings. The summed E-state index contributed by atoms with van der Waals surface area (Å²) in [6.45, 7) is 9.37. The molecule has 2 unspecified atom stereocenters. The summed E-state index contributed by atoms with van der Waals surface area (Å²) in [4.78, 5) is 18.4. The monoisotopic (exact) mass is 338 g/mol. The summed E-state index contributed by atoms with van der Waals surface area (Å²) in [5.41, 5.74) is 3.07. The first kappa shape index (κ1) is 20.4. The van der Waals surface area contributed by atoms with E-state index >= 15 is 0 Å². The van der Waals surface area contributed by atoms with Crippen molar-refractivity contribution in [2.75, 3.05) is 6.54 Å². The van der Waals surface area contributed by atoms with E-state index in [2.05, 4.69) is 5.48 Å². The SMILES string of the molecule is CC(C)ONCC(O)C(Cc1ccccc1)N(C(=O)O)C(C)(C)C. The molecule has 1 rings (SSSR count). The Hall–Kier alpha value is -1.63. The number of amides is 1. The molecule has 2 atom stereocenters. The van der Waals surface area contributed by atoms with Gasteiger partial charge in [-0.05, 0) is 46.6 Å². The fourth-order valence-corrected chi connectivity index (χ4v) is 2.62. The predicted octanol–water partition coefficient (Wildman–Crippen LogP) is 2.67. The molecule has 1 amide bonds. The molecule has 0 aliphatic carbocycles. The molecule has 0 saturated heterocycles. The van der Waals surface area contributed by atoms with Crippen molar-refractivity contribution in [2.45, 2.75) is 64.8 Å². The Labute approximate surface area is 144 Å². The zero-order chi connectivity index (χ0) is 18.3. The van der Waals surface area contributed by atoms with Crippen LogP contribution in [0.15, 0.2) is 30.3 Å². The van der Waals surface area contributed by atoms with Gasteiger partial charge in [-0.1, -0.05) is 30.3 Å². The van der Waals surface area contributed by atoms with Crippen molar-refractivity contribution in [2.24, 2.45) is 0 Å². The Balaban J connectivity index is 2.98. The summed E-state index contributed by atoms with van der Waals surface area (Å²) in [7, 11) is 0. The van der Waals surface area contributed by atoms with Crippen LogP contribution in [-0.4, -0.2) is 51.5 Å². The highest BCUT2D eigenvalue weighted by molar-refractivity contribution is 5.66. The molecule has 1 aromatic carbocycles. The molecular weight excluding hydrogens is 308 g/mol. The predicted molar refractivity (Wildman–Crippen MR) is 93.8 cm³/mol. The fraction of sp³-hybridized carbons (Fsp3) is 0.611. The third kappa shape index (κ3) is 6.47. The van der Waals surface area contributed by atoms with E-state index in [4.69, 9.17) is 4.84 Å². The van der Waals surface area contributed by atoms with E-state index in [9.17, 15) is 15.0 Å². The number of carboxylic acid groups (broad SMARTS) is 1. The lowest BCUT2D eigenvalue weighted by molar-refractivity contribution is -0.0471. The second-order valence-electron chi connectivity index (χ2n) is 7.16. The molecule has 0 bridgehead atoms. The topological polar surface area (TPSA) is 82.0 Å². The highest BCUT2D eigenvalue weighted by Crippen LogP contribution is 2.22. The van der Waals surface area contributed by atoms with Gasteiger partial charge in [0.1, 0.15) is 0 Å². The molecular formula is C18H30N2O4. The van der Waals surface area contributed by atoms with Crippen molar-refractivity contribution < 1.29 is 19.8 Å². The standard InChI is InChI=1S/C18H30N2O4/c1-13(2)24-19-12-16(21)15(11-14-9-7-6-8-10-14)20(17(22)23)18(3,4)5/h6-10,13,15-16,19,21H,11-12H2,1-5H3,(H,22,23).